The number of aromatic nitrogens is 1. The predicted octanol–water partition coefficient (Wildman–Crippen LogP) is 3.55. The molecule has 1 aromatic rings. The minimum atomic E-state index is -4.39. The lowest BCUT2D eigenvalue weighted by Gasteiger charge is -2.35. The molecule has 0 saturated carbocycles. The molecule has 0 bridgehead atoms. The normalized spacial score (nSPS) is 16.9. The monoisotopic (exact) mass is 345 g/mol. The highest BCUT2D eigenvalue weighted by atomic mass is 19.4. The van der Waals surface area contributed by atoms with Gasteiger partial charge in [0.25, 0.3) is 0 Å². The largest absolute Gasteiger partial charge is 0.446 e. The number of hydrogen-bond acceptors (Lipinski definition) is 4. The highest BCUT2D eigenvalue weighted by Crippen LogP contribution is 2.29. The second kappa shape index (κ2) is 7.72. The Bertz CT molecular complexity index is 540. The van der Waals surface area contributed by atoms with Gasteiger partial charge < -0.3 is 14.5 Å². The third kappa shape index (κ3) is 4.75. The van der Waals surface area contributed by atoms with Crippen molar-refractivity contribution in [2.24, 2.45) is 0 Å². The molecular weight excluding hydrogens is 323 g/mol. The Morgan fingerprint density at radius 3 is 2.46 bits per heavy atom. The fraction of sp³-hybridized carbons (Fsp3) is 0.625. The number of carbonyl (C=O) groups excluding carboxylic acids is 1. The fourth-order valence-electron chi connectivity index (χ4n) is 2.57. The number of carbonyl (C=O) groups is 1. The van der Waals surface area contributed by atoms with E-state index in [0.717, 1.165) is 25.1 Å². The summed E-state index contributed by atoms with van der Waals surface area (Å²) in [5, 5.41) is 0. The topological polar surface area (TPSA) is 45.7 Å². The standard InChI is InChI=1S/C16H22F3N3O2/c1-3-4-12(2)24-15(23)22-9-7-21(8-10-22)14-6-5-13(11-20-14)16(17,18)19/h5-6,11-12H,3-4,7-10H2,1-2H3. The molecule has 0 spiro atoms. The van der Waals surface area contributed by atoms with Gasteiger partial charge in [0, 0.05) is 32.4 Å². The Morgan fingerprint density at radius 2 is 1.96 bits per heavy atom. The molecule has 1 unspecified atom stereocenters. The van der Waals surface area contributed by atoms with E-state index in [9.17, 15) is 18.0 Å². The van der Waals surface area contributed by atoms with E-state index in [1.807, 2.05) is 18.7 Å². The van der Waals surface area contributed by atoms with Crippen LogP contribution < -0.4 is 4.90 Å². The Balaban J connectivity index is 1.87. The number of pyridine rings is 1. The molecule has 1 atom stereocenters. The Labute approximate surface area is 139 Å². The highest BCUT2D eigenvalue weighted by Gasteiger charge is 2.31. The summed E-state index contributed by atoms with van der Waals surface area (Å²) in [7, 11) is 0. The molecule has 1 amide bonds. The maximum atomic E-state index is 12.5. The van der Waals surface area contributed by atoms with E-state index in [2.05, 4.69) is 4.98 Å². The highest BCUT2D eigenvalue weighted by molar-refractivity contribution is 5.68. The van der Waals surface area contributed by atoms with E-state index in [-0.39, 0.29) is 12.2 Å². The Hall–Kier alpha value is -1.99. The molecule has 8 heteroatoms. The minimum Gasteiger partial charge on any atom is -0.446 e. The Morgan fingerprint density at radius 1 is 1.29 bits per heavy atom. The van der Waals surface area contributed by atoms with E-state index in [0.29, 0.717) is 32.0 Å². The van der Waals surface area contributed by atoms with Crippen LogP contribution in [-0.4, -0.2) is 48.3 Å². The Kier molecular flexibility index (Phi) is 5.90. The number of halogens is 3. The van der Waals surface area contributed by atoms with Gasteiger partial charge in [-0.2, -0.15) is 13.2 Å². The molecule has 0 aromatic carbocycles. The molecule has 0 radical (unpaired) electrons. The quantitative estimate of drug-likeness (QED) is 0.837. The van der Waals surface area contributed by atoms with Crippen LogP contribution in [0.15, 0.2) is 18.3 Å². The molecule has 0 N–H and O–H groups in total. The van der Waals surface area contributed by atoms with E-state index in [4.69, 9.17) is 4.74 Å². The number of ether oxygens (including phenoxy) is 1. The molecule has 0 aliphatic carbocycles. The summed E-state index contributed by atoms with van der Waals surface area (Å²) in [6, 6.07) is 2.38. The van der Waals surface area contributed by atoms with Crippen molar-refractivity contribution in [3.05, 3.63) is 23.9 Å². The van der Waals surface area contributed by atoms with Gasteiger partial charge in [-0.3, -0.25) is 0 Å². The number of alkyl halides is 3. The van der Waals surface area contributed by atoms with Crippen LogP contribution in [0.3, 0.4) is 0 Å². The van der Waals surface area contributed by atoms with Crippen LogP contribution in [-0.2, 0) is 10.9 Å². The lowest BCUT2D eigenvalue weighted by Crippen LogP contribution is -2.49. The zero-order valence-corrected chi connectivity index (χ0v) is 13.8. The molecule has 2 heterocycles. The first-order valence-electron chi connectivity index (χ1n) is 8.05. The van der Waals surface area contributed by atoms with Gasteiger partial charge in [0.1, 0.15) is 11.9 Å². The fourth-order valence-corrected chi connectivity index (χ4v) is 2.57. The molecule has 1 aliphatic rings. The lowest BCUT2D eigenvalue weighted by molar-refractivity contribution is -0.137. The maximum Gasteiger partial charge on any atom is 0.417 e. The van der Waals surface area contributed by atoms with Crippen LogP contribution in [0.5, 0.6) is 0 Å². The van der Waals surface area contributed by atoms with Crippen LogP contribution >= 0.6 is 0 Å². The van der Waals surface area contributed by atoms with Crippen molar-refractivity contribution in [1.82, 2.24) is 9.88 Å². The molecule has 1 fully saturated rings. The van der Waals surface area contributed by atoms with Crippen LogP contribution in [0.1, 0.15) is 32.3 Å². The maximum absolute atomic E-state index is 12.5. The summed E-state index contributed by atoms with van der Waals surface area (Å²) < 4.78 is 43.0. The van der Waals surface area contributed by atoms with Crippen molar-refractivity contribution < 1.29 is 22.7 Å². The first kappa shape index (κ1) is 18.4. The number of rotatable bonds is 4. The molecule has 134 valence electrons. The van der Waals surface area contributed by atoms with Crippen LogP contribution in [0.25, 0.3) is 0 Å². The van der Waals surface area contributed by atoms with Crippen molar-refractivity contribution >= 4 is 11.9 Å². The summed E-state index contributed by atoms with van der Waals surface area (Å²) in [6.45, 7) is 5.83. The van der Waals surface area contributed by atoms with Crippen LogP contribution in [0.2, 0.25) is 0 Å². The third-order valence-corrected chi connectivity index (χ3v) is 3.93. The van der Waals surface area contributed by atoms with Crippen molar-refractivity contribution in [3.8, 4) is 0 Å². The van der Waals surface area contributed by atoms with Gasteiger partial charge in [0.2, 0.25) is 0 Å². The number of anilines is 1. The molecule has 1 aliphatic heterocycles. The summed E-state index contributed by atoms with van der Waals surface area (Å²) in [4.78, 5) is 19.4. The molecular formula is C16H22F3N3O2. The predicted molar refractivity (Wildman–Crippen MR) is 83.9 cm³/mol. The smallest absolute Gasteiger partial charge is 0.417 e. The van der Waals surface area contributed by atoms with Gasteiger partial charge in [-0.25, -0.2) is 9.78 Å². The average molecular weight is 345 g/mol. The second-order valence-electron chi connectivity index (χ2n) is 5.86. The van der Waals surface area contributed by atoms with E-state index in [1.54, 1.807) is 4.90 Å². The first-order valence-corrected chi connectivity index (χ1v) is 8.05. The van der Waals surface area contributed by atoms with Gasteiger partial charge in [0.05, 0.1) is 5.56 Å². The second-order valence-corrected chi connectivity index (χ2v) is 5.86. The van der Waals surface area contributed by atoms with E-state index in [1.165, 1.54) is 6.07 Å². The summed E-state index contributed by atoms with van der Waals surface area (Å²) in [5.74, 6) is 0.482. The van der Waals surface area contributed by atoms with Gasteiger partial charge >= 0.3 is 12.3 Å². The zero-order chi connectivity index (χ0) is 17.7. The van der Waals surface area contributed by atoms with Crippen molar-refractivity contribution in [2.75, 3.05) is 31.1 Å². The first-order chi connectivity index (χ1) is 11.3. The number of piperazine rings is 1. The van der Waals surface area contributed by atoms with E-state index < -0.39 is 11.7 Å². The number of hydrogen-bond donors (Lipinski definition) is 0. The SMILES string of the molecule is CCCC(C)OC(=O)N1CCN(c2ccc(C(F)(F)F)cn2)CC1. The molecule has 5 nitrogen and oxygen atoms in total. The van der Waals surface area contributed by atoms with Gasteiger partial charge in [-0.05, 0) is 25.5 Å². The average Bonchev–Trinajstić information content (AvgIpc) is 2.54. The van der Waals surface area contributed by atoms with Crippen molar-refractivity contribution in [3.63, 3.8) is 0 Å². The third-order valence-electron chi connectivity index (χ3n) is 3.93. The van der Waals surface area contributed by atoms with Gasteiger partial charge in [-0.1, -0.05) is 13.3 Å². The molecule has 2 rings (SSSR count). The minimum absolute atomic E-state index is 0.114. The van der Waals surface area contributed by atoms with Crippen LogP contribution in [0.4, 0.5) is 23.8 Å². The molecule has 1 aromatic heterocycles. The lowest BCUT2D eigenvalue weighted by atomic mass is 10.2. The number of amides is 1. The molecule has 24 heavy (non-hydrogen) atoms. The zero-order valence-electron chi connectivity index (χ0n) is 13.8. The summed E-state index contributed by atoms with van der Waals surface area (Å²) in [6.07, 6.45) is -2.23. The summed E-state index contributed by atoms with van der Waals surface area (Å²) in [5.41, 5.74) is -0.765. The number of nitrogens with zero attached hydrogens (tertiary/aromatic N) is 3. The van der Waals surface area contributed by atoms with Crippen molar-refractivity contribution in [1.29, 1.82) is 0 Å². The van der Waals surface area contributed by atoms with Crippen LogP contribution in [0, 0.1) is 0 Å². The van der Waals surface area contributed by atoms with E-state index >= 15 is 0 Å². The molecule has 1 saturated heterocycles. The van der Waals surface area contributed by atoms with Gasteiger partial charge in [0.15, 0.2) is 0 Å². The van der Waals surface area contributed by atoms with Gasteiger partial charge in [-0.15, -0.1) is 0 Å². The van der Waals surface area contributed by atoms with Crippen molar-refractivity contribution in [2.45, 2.75) is 39.0 Å². The summed E-state index contributed by atoms with van der Waals surface area (Å²) >= 11 is 0.